The number of ketones is 1. The van der Waals surface area contributed by atoms with E-state index in [9.17, 15) is 14.4 Å². The van der Waals surface area contributed by atoms with Gasteiger partial charge in [-0.05, 0) is 17.7 Å². The minimum absolute atomic E-state index is 0.0319. The summed E-state index contributed by atoms with van der Waals surface area (Å²) in [6.45, 7) is 0.600. The van der Waals surface area contributed by atoms with Crippen LogP contribution < -0.4 is 10.1 Å². The maximum absolute atomic E-state index is 12.3. The fraction of sp³-hybridized carbons (Fsp3) is 0.412. The van der Waals surface area contributed by atoms with Gasteiger partial charge in [0, 0.05) is 32.5 Å². The molecule has 7 heteroatoms. The van der Waals surface area contributed by atoms with E-state index < -0.39 is 23.5 Å². The zero-order chi connectivity index (χ0) is 17.7. The van der Waals surface area contributed by atoms with Crippen LogP contribution >= 0.6 is 0 Å². The molecular weight excluding hydrogens is 310 g/mol. The lowest BCUT2D eigenvalue weighted by Crippen LogP contribution is -2.36. The second-order valence-corrected chi connectivity index (χ2v) is 5.60. The highest BCUT2D eigenvalue weighted by Crippen LogP contribution is 2.24. The lowest BCUT2D eigenvalue weighted by atomic mass is 9.92. The summed E-state index contributed by atoms with van der Waals surface area (Å²) in [6, 6.07) is 9.02. The molecule has 0 unspecified atom stereocenters. The second-order valence-electron chi connectivity index (χ2n) is 5.60. The predicted octanol–water partition coefficient (Wildman–Crippen LogP) is 0.499. The number of hydrogen-bond donors (Lipinski definition) is 1. The smallest absolute Gasteiger partial charge is 0.244 e. The number of hydrogen-bond acceptors (Lipinski definition) is 5. The number of methoxy groups -OCH3 is 1. The molecule has 2 atom stereocenters. The van der Waals surface area contributed by atoms with Gasteiger partial charge in [-0.25, -0.2) is 0 Å². The second kappa shape index (κ2) is 7.59. The average Bonchev–Trinajstić information content (AvgIpc) is 2.96. The van der Waals surface area contributed by atoms with E-state index in [0.717, 1.165) is 11.3 Å². The summed E-state index contributed by atoms with van der Waals surface area (Å²) in [5, 5.41) is 11.3. The van der Waals surface area contributed by atoms with Gasteiger partial charge in [-0.1, -0.05) is 12.1 Å². The van der Waals surface area contributed by atoms with E-state index in [0.29, 0.717) is 6.54 Å². The number of amides is 2. The first kappa shape index (κ1) is 17.5. The largest absolute Gasteiger partial charge is 0.497 e. The Balaban J connectivity index is 2.03. The van der Waals surface area contributed by atoms with Crippen LogP contribution in [0.15, 0.2) is 24.3 Å². The van der Waals surface area contributed by atoms with Crippen LogP contribution in [0, 0.1) is 23.2 Å². The molecule has 1 fully saturated rings. The summed E-state index contributed by atoms with van der Waals surface area (Å²) < 4.78 is 5.09. The third-order valence-corrected chi connectivity index (χ3v) is 4.07. The minimum atomic E-state index is -1.37. The van der Waals surface area contributed by atoms with Gasteiger partial charge in [0.15, 0.2) is 11.7 Å². The summed E-state index contributed by atoms with van der Waals surface area (Å²) >= 11 is 0. The van der Waals surface area contributed by atoms with Crippen molar-refractivity contribution in [3.8, 4) is 11.8 Å². The fourth-order valence-corrected chi connectivity index (χ4v) is 2.70. The molecule has 7 nitrogen and oxygen atoms in total. The van der Waals surface area contributed by atoms with E-state index in [1.54, 1.807) is 30.2 Å². The number of carbonyl (C=O) groups excluding carboxylic acids is 3. The van der Waals surface area contributed by atoms with Crippen LogP contribution in [0.3, 0.4) is 0 Å². The molecule has 24 heavy (non-hydrogen) atoms. The van der Waals surface area contributed by atoms with Gasteiger partial charge in [0.1, 0.15) is 5.75 Å². The molecule has 0 aliphatic carbocycles. The van der Waals surface area contributed by atoms with Crippen molar-refractivity contribution >= 4 is 17.6 Å². The highest BCUT2D eigenvalue weighted by molar-refractivity contribution is 6.06. The van der Waals surface area contributed by atoms with Crippen molar-refractivity contribution < 1.29 is 19.1 Å². The molecule has 0 saturated carbocycles. The maximum atomic E-state index is 12.3. The fourth-order valence-electron chi connectivity index (χ4n) is 2.70. The first-order valence-electron chi connectivity index (χ1n) is 7.55. The van der Waals surface area contributed by atoms with Gasteiger partial charge in [-0.3, -0.25) is 14.4 Å². The number of nitrogens with zero attached hydrogens (tertiary/aromatic N) is 2. The lowest BCUT2D eigenvalue weighted by Gasteiger charge is -2.17. The number of likely N-dealkylation sites (tertiary alicyclic amines) is 1. The zero-order valence-electron chi connectivity index (χ0n) is 13.6. The van der Waals surface area contributed by atoms with Crippen LogP contribution in [0.1, 0.15) is 12.0 Å². The number of benzene rings is 1. The van der Waals surface area contributed by atoms with E-state index in [-0.39, 0.29) is 18.9 Å². The summed E-state index contributed by atoms with van der Waals surface area (Å²) in [6.07, 6.45) is 0.0319. The molecule has 126 valence electrons. The summed E-state index contributed by atoms with van der Waals surface area (Å²) in [4.78, 5) is 37.6. The van der Waals surface area contributed by atoms with Gasteiger partial charge in [0.25, 0.3) is 0 Å². The molecule has 2 rings (SSSR count). The highest BCUT2D eigenvalue weighted by Gasteiger charge is 2.39. The first-order valence-corrected chi connectivity index (χ1v) is 7.55. The van der Waals surface area contributed by atoms with Gasteiger partial charge in [0.2, 0.25) is 11.8 Å². The van der Waals surface area contributed by atoms with Crippen LogP contribution in [-0.2, 0) is 20.9 Å². The van der Waals surface area contributed by atoms with Crippen LogP contribution in [0.25, 0.3) is 0 Å². The molecule has 1 aromatic rings. The molecule has 1 heterocycles. The Hall–Kier alpha value is -2.88. The van der Waals surface area contributed by atoms with E-state index >= 15 is 0 Å². The molecule has 2 amide bonds. The number of nitriles is 1. The van der Waals surface area contributed by atoms with E-state index in [4.69, 9.17) is 10.00 Å². The van der Waals surface area contributed by atoms with Crippen molar-refractivity contribution in [1.82, 2.24) is 10.2 Å². The van der Waals surface area contributed by atoms with E-state index in [1.807, 2.05) is 12.1 Å². The third-order valence-electron chi connectivity index (χ3n) is 4.07. The van der Waals surface area contributed by atoms with Crippen molar-refractivity contribution in [1.29, 1.82) is 5.26 Å². The molecule has 1 aromatic carbocycles. The van der Waals surface area contributed by atoms with Crippen molar-refractivity contribution in [2.24, 2.45) is 11.8 Å². The molecule has 0 bridgehead atoms. The van der Waals surface area contributed by atoms with Crippen LogP contribution in [-0.4, -0.2) is 43.2 Å². The Bertz CT molecular complexity index is 678. The molecule has 0 aromatic heterocycles. The Kier molecular flexibility index (Phi) is 5.53. The van der Waals surface area contributed by atoms with E-state index in [2.05, 4.69) is 5.32 Å². The monoisotopic (exact) mass is 329 g/mol. The zero-order valence-corrected chi connectivity index (χ0v) is 13.6. The quantitative estimate of drug-likeness (QED) is 0.766. The number of Topliss-reactive ketones (excluding diaryl/α,β-unsaturated/α-hetero) is 1. The first-order chi connectivity index (χ1) is 11.5. The van der Waals surface area contributed by atoms with Gasteiger partial charge in [0.05, 0.1) is 13.2 Å². The number of nitrogens with one attached hydrogen (secondary N) is 1. The van der Waals surface area contributed by atoms with Gasteiger partial charge < -0.3 is 15.0 Å². The third kappa shape index (κ3) is 3.71. The number of carbonyl (C=O) groups is 3. The van der Waals surface area contributed by atoms with Crippen LogP contribution in [0.2, 0.25) is 0 Å². The minimum Gasteiger partial charge on any atom is -0.497 e. The summed E-state index contributed by atoms with van der Waals surface area (Å²) in [5.41, 5.74) is 0.917. The van der Waals surface area contributed by atoms with E-state index in [1.165, 1.54) is 7.05 Å². The van der Waals surface area contributed by atoms with Crippen LogP contribution in [0.4, 0.5) is 0 Å². The van der Waals surface area contributed by atoms with Crippen molar-refractivity contribution in [3.05, 3.63) is 29.8 Å². The SMILES string of the molecule is CNC(=O)[C@@H](C#N)C(=O)[C@H]1CC(=O)N(Cc2ccc(OC)cc2)C1. The lowest BCUT2D eigenvalue weighted by molar-refractivity contribution is -0.134. The summed E-state index contributed by atoms with van der Waals surface area (Å²) in [5.74, 6) is -2.56. The standard InChI is InChI=1S/C17H19N3O4/c1-19-17(23)14(8-18)16(22)12-7-15(21)20(10-12)9-11-3-5-13(24-2)6-4-11/h3-6,12,14H,7,9-10H2,1-2H3,(H,19,23)/t12-,14-/m0/s1. The summed E-state index contributed by atoms with van der Waals surface area (Å²) in [7, 11) is 2.95. The Morgan fingerprint density at radius 3 is 2.62 bits per heavy atom. The Labute approximate surface area is 140 Å². The normalized spacial score (nSPS) is 18.0. The Morgan fingerprint density at radius 2 is 2.08 bits per heavy atom. The molecule has 1 aliphatic heterocycles. The molecule has 0 radical (unpaired) electrons. The molecule has 0 spiro atoms. The molecule has 1 N–H and O–H groups in total. The average molecular weight is 329 g/mol. The Morgan fingerprint density at radius 1 is 1.42 bits per heavy atom. The highest BCUT2D eigenvalue weighted by atomic mass is 16.5. The van der Waals surface area contributed by atoms with Gasteiger partial charge in [-0.2, -0.15) is 5.26 Å². The predicted molar refractivity (Wildman–Crippen MR) is 84.7 cm³/mol. The van der Waals surface area contributed by atoms with Crippen molar-refractivity contribution in [2.75, 3.05) is 20.7 Å². The number of rotatable bonds is 6. The van der Waals surface area contributed by atoms with Crippen LogP contribution in [0.5, 0.6) is 5.75 Å². The topological polar surface area (TPSA) is 99.5 Å². The van der Waals surface area contributed by atoms with Gasteiger partial charge in [-0.15, -0.1) is 0 Å². The molecule has 1 saturated heterocycles. The van der Waals surface area contributed by atoms with Crippen molar-refractivity contribution in [2.45, 2.75) is 13.0 Å². The molecular formula is C17H19N3O4. The maximum Gasteiger partial charge on any atom is 0.244 e. The number of ether oxygens (including phenoxy) is 1. The van der Waals surface area contributed by atoms with Crippen molar-refractivity contribution in [3.63, 3.8) is 0 Å². The van der Waals surface area contributed by atoms with Gasteiger partial charge >= 0.3 is 0 Å². The molecule has 1 aliphatic rings.